The first kappa shape index (κ1) is 19.2. The van der Waals surface area contributed by atoms with E-state index in [0.29, 0.717) is 10.6 Å². The number of anilines is 1. The van der Waals surface area contributed by atoms with E-state index >= 15 is 0 Å². The molecule has 0 bridgehead atoms. The van der Waals surface area contributed by atoms with Gasteiger partial charge in [-0.05, 0) is 55.7 Å². The minimum Gasteiger partial charge on any atom is -0.322 e. The smallest absolute Gasteiger partial charge is 0.256 e. The molecule has 4 rings (SSSR count). The molecule has 0 saturated carbocycles. The van der Waals surface area contributed by atoms with E-state index in [1.807, 2.05) is 87.5 Å². The second-order valence-corrected chi connectivity index (χ2v) is 7.60. The van der Waals surface area contributed by atoms with E-state index in [-0.39, 0.29) is 5.91 Å². The highest BCUT2D eigenvalue weighted by atomic mass is 35.5. The van der Waals surface area contributed by atoms with Crippen LogP contribution in [0.15, 0.2) is 66.7 Å². The predicted molar refractivity (Wildman–Crippen MR) is 121 cm³/mol. The van der Waals surface area contributed by atoms with Crippen LogP contribution in [0.3, 0.4) is 0 Å². The summed E-state index contributed by atoms with van der Waals surface area (Å²) >= 11 is 6.35. The Hall–Kier alpha value is -3.17. The lowest BCUT2D eigenvalue weighted by atomic mass is 10.0. The van der Waals surface area contributed by atoms with Gasteiger partial charge in [0.15, 0.2) is 0 Å². The zero-order valence-corrected chi connectivity index (χ0v) is 17.3. The van der Waals surface area contributed by atoms with E-state index in [4.69, 9.17) is 16.6 Å². The molecule has 0 spiro atoms. The number of fused-ring (bicyclic) bond motifs is 1. The Kier molecular flexibility index (Phi) is 5.08. The van der Waals surface area contributed by atoms with Crippen LogP contribution in [-0.4, -0.2) is 10.9 Å². The molecule has 0 aliphatic heterocycles. The minimum atomic E-state index is -0.162. The van der Waals surface area contributed by atoms with Crippen molar-refractivity contribution in [2.75, 3.05) is 5.32 Å². The summed E-state index contributed by atoms with van der Waals surface area (Å²) in [6.07, 6.45) is 0. The van der Waals surface area contributed by atoms with Crippen molar-refractivity contribution in [2.24, 2.45) is 0 Å². The molecule has 0 radical (unpaired) electrons. The van der Waals surface area contributed by atoms with Gasteiger partial charge in [-0.15, -0.1) is 0 Å². The summed E-state index contributed by atoms with van der Waals surface area (Å²) in [5, 5.41) is 4.49. The molecular formula is C25H21ClN2O. The largest absolute Gasteiger partial charge is 0.322 e. The molecule has 0 aliphatic rings. The molecular weight excluding hydrogens is 380 g/mol. The van der Waals surface area contributed by atoms with Crippen LogP contribution in [0.25, 0.3) is 22.2 Å². The fraction of sp³-hybridized carbons (Fsp3) is 0.120. The number of benzene rings is 3. The molecule has 1 N–H and O–H groups in total. The van der Waals surface area contributed by atoms with Gasteiger partial charge in [0.05, 0.1) is 16.8 Å². The van der Waals surface area contributed by atoms with Crippen molar-refractivity contribution in [1.29, 1.82) is 0 Å². The van der Waals surface area contributed by atoms with Gasteiger partial charge in [0, 0.05) is 21.7 Å². The van der Waals surface area contributed by atoms with Crippen molar-refractivity contribution in [3.8, 4) is 11.3 Å². The number of aryl methyl sites for hydroxylation is 2. The summed E-state index contributed by atoms with van der Waals surface area (Å²) in [6.45, 7) is 5.97. The quantitative estimate of drug-likeness (QED) is 0.414. The molecule has 3 nitrogen and oxygen atoms in total. The Morgan fingerprint density at radius 2 is 1.66 bits per heavy atom. The number of hydrogen-bond acceptors (Lipinski definition) is 2. The summed E-state index contributed by atoms with van der Waals surface area (Å²) in [5.74, 6) is -0.162. The highest BCUT2D eigenvalue weighted by molar-refractivity contribution is 6.32. The fourth-order valence-electron chi connectivity index (χ4n) is 3.42. The summed E-state index contributed by atoms with van der Waals surface area (Å²) in [5.41, 5.74) is 6.88. The standard InChI is InChI=1S/C25H21ClN2O/c1-15-8-7-11-22(16(15)2)28-25(29)20-14-23(18-9-5-4-6-10-18)27-24-17(3)21(26)13-12-19(20)24/h4-14H,1-3H3,(H,28,29). The number of hydrogen-bond donors (Lipinski definition) is 1. The average molecular weight is 401 g/mol. The number of aromatic nitrogens is 1. The van der Waals surface area contributed by atoms with E-state index in [9.17, 15) is 4.79 Å². The topological polar surface area (TPSA) is 42.0 Å². The molecule has 1 amide bonds. The Morgan fingerprint density at radius 3 is 2.41 bits per heavy atom. The van der Waals surface area contributed by atoms with Gasteiger partial charge in [0.2, 0.25) is 0 Å². The maximum atomic E-state index is 13.3. The molecule has 3 aromatic carbocycles. The van der Waals surface area contributed by atoms with Crippen molar-refractivity contribution < 1.29 is 4.79 Å². The number of rotatable bonds is 3. The third-order valence-corrected chi connectivity index (χ3v) is 5.74. The molecule has 4 heteroatoms. The van der Waals surface area contributed by atoms with E-state index < -0.39 is 0 Å². The summed E-state index contributed by atoms with van der Waals surface area (Å²) in [6, 6.07) is 21.3. The second-order valence-electron chi connectivity index (χ2n) is 7.19. The average Bonchev–Trinajstić information content (AvgIpc) is 2.74. The highest BCUT2D eigenvalue weighted by Gasteiger charge is 2.17. The number of pyridine rings is 1. The lowest BCUT2D eigenvalue weighted by molar-refractivity contribution is 0.102. The third-order valence-electron chi connectivity index (χ3n) is 5.34. The fourth-order valence-corrected chi connectivity index (χ4v) is 3.58. The zero-order chi connectivity index (χ0) is 20.5. The summed E-state index contributed by atoms with van der Waals surface area (Å²) in [4.78, 5) is 18.1. The lowest BCUT2D eigenvalue weighted by Crippen LogP contribution is -2.14. The number of carbonyl (C=O) groups excluding carboxylic acids is 1. The number of carbonyl (C=O) groups is 1. The monoisotopic (exact) mass is 400 g/mol. The van der Waals surface area contributed by atoms with Crippen molar-refractivity contribution in [3.05, 3.63) is 94.0 Å². The summed E-state index contributed by atoms with van der Waals surface area (Å²) in [7, 11) is 0. The van der Waals surface area contributed by atoms with Crippen molar-refractivity contribution >= 4 is 34.1 Å². The van der Waals surface area contributed by atoms with Gasteiger partial charge in [-0.2, -0.15) is 0 Å². The molecule has 1 aromatic heterocycles. The zero-order valence-electron chi connectivity index (χ0n) is 16.6. The van der Waals surface area contributed by atoms with Gasteiger partial charge in [0.25, 0.3) is 5.91 Å². The molecule has 0 unspecified atom stereocenters. The Balaban J connectivity index is 1.89. The Morgan fingerprint density at radius 1 is 0.897 bits per heavy atom. The van der Waals surface area contributed by atoms with Crippen LogP contribution in [0.1, 0.15) is 27.0 Å². The van der Waals surface area contributed by atoms with Gasteiger partial charge in [-0.1, -0.05) is 60.1 Å². The van der Waals surface area contributed by atoms with Crippen LogP contribution in [0.4, 0.5) is 5.69 Å². The molecule has 0 atom stereocenters. The van der Waals surface area contributed by atoms with Gasteiger partial charge in [0.1, 0.15) is 0 Å². The van der Waals surface area contributed by atoms with Crippen LogP contribution in [0, 0.1) is 20.8 Å². The van der Waals surface area contributed by atoms with Crippen LogP contribution in [0.2, 0.25) is 5.02 Å². The van der Waals surface area contributed by atoms with Crippen molar-refractivity contribution in [2.45, 2.75) is 20.8 Å². The maximum absolute atomic E-state index is 13.3. The van der Waals surface area contributed by atoms with Gasteiger partial charge in [-0.3, -0.25) is 4.79 Å². The molecule has 4 aromatic rings. The summed E-state index contributed by atoms with van der Waals surface area (Å²) < 4.78 is 0. The Bertz CT molecular complexity index is 1230. The molecule has 29 heavy (non-hydrogen) atoms. The van der Waals surface area contributed by atoms with E-state index in [0.717, 1.165) is 44.5 Å². The van der Waals surface area contributed by atoms with Crippen LogP contribution in [-0.2, 0) is 0 Å². The SMILES string of the molecule is Cc1cccc(NC(=O)c2cc(-c3ccccc3)nc3c(C)c(Cl)ccc23)c1C. The molecule has 1 heterocycles. The normalized spacial score (nSPS) is 10.9. The number of nitrogens with one attached hydrogen (secondary N) is 1. The number of amides is 1. The lowest BCUT2D eigenvalue weighted by Gasteiger charge is -2.14. The van der Waals surface area contributed by atoms with E-state index in [1.54, 1.807) is 0 Å². The maximum Gasteiger partial charge on any atom is 0.256 e. The molecule has 0 fully saturated rings. The highest BCUT2D eigenvalue weighted by Crippen LogP contribution is 2.31. The van der Waals surface area contributed by atoms with Crippen LogP contribution >= 0.6 is 11.6 Å². The van der Waals surface area contributed by atoms with Crippen LogP contribution in [0.5, 0.6) is 0 Å². The molecule has 0 saturated heterocycles. The van der Waals surface area contributed by atoms with E-state index in [1.165, 1.54) is 0 Å². The first-order valence-corrected chi connectivity index (χ1v) is 9.86. The number of nitrogens with zero attached hydrogens (tertiary/aromatic N) is 1. The van der Waals surface area contributed by atoms with Crippen molar-refractivity contribution in [1.82, 2.24) is 4.98 Å². The Labute approximate surface area is 175 Å². The van der Waals surface area contributed by atoms with Gasteiger partial charge < -0.3 is 5.32 Å². The van der Waals surface area contributed by atoms with Gasteiger partial charge >= 0.3 is 0 Å². The second kappa shape index (κ2) is 7.69. The van der Waals surface area contributed by atoms with Gasteiger partial charge in [-0.25, -0.2) is 4.98 Å². The van der Waals surface area contributed by atoms with Crippen molar-refractivity contribution in [3.63, 3.8) is 0 Å². The molecule has 144 valence electrons. The molecule has 0 aliphatic carbocycles. The number of halogens is 1. The third kappa shape index (κ3) is 3.62. The predicted octanol–water partition coefficient (Wildman–Crippen LogP) is 6.73. The van der Waals surface area contributed by atoms with Crippen LogP contribution < -0.4 is 5.32 Å². The first-order valence-electron chi connectivity index (χ1n) is 9.48. The minimum absolute atomic E-state index is 0.162. The first-order chi connectivity index (χ1) is 14.0. The van der Waals surface area contributed by atoms with E-state index in [2.05, 4.69) is 5.32 Å².